The molecule has 2 N–H and O–H groups in total. The number of benzene rings is 1. The van der Waals surface area contributed by atoms with Crippen LogP contribution < -0.4 is 5.32 Å². The van der Waals surface area contributed by atoms with Crippen LogP contribution in [0.1, 0.15) is 12.5 Å². The number of amides is 1. The Balaban J connectivity index is 1.91. The smallest absolute Gasteiger partial charge is 0.408 e. The summed E-state index contributed by atoms with van der Waals surface area (Å²) < 4.78 is 15.5. The van der Waals surface area contributed by atoms with Crippen LogP contribution in [0, 0.1) is 0 Å². The van der Waals surface area contributed by atoms with Crippen LogP contribution in [0.15, 0.2) is 30.3 Å². The van der Waals surface area contributed by atoms with Gasteiger partial charge in [-0.15, -0.1) is 0 Å². The summed E-state index contributed by atoms with van der Waals surface area (Å²) in [6.07, 6.45) is -0.841. The number of ether oxygens (including phenoxy) is 3. The third-order valence-electron chi connectivity index (χ3n) is 3.11. The summed E-state index contributed by atoms with van der Waals surface area (Å²) in [6.45, 7) is 2.08. The van der Waals surface area contributed by atoms with Gasteiger partial charge in [-0.2, -0.15) is 0 Å². The van der Waals surface area contributed by atoms with Crippen LogP contribution in [0.3, 0.4) is 0 Å². The molecule has 0 radical (unpaired) electrons. The minimum absolute atomic E-state index is 0.0530. The first-order chi connectivity index (χ1) is 10.0. The SMILES string of the molecule is CC1([C@H](NC(=O)OCc2ccccc2)C(=O)O)OCCO1. The zero-order valence-corrected chi connectivity index (χ0v) is 11.6. The molecule has 0 bridgehead atoms. The van der Waals surface area contributed by atoms with E-state index in [-0.39, 0.29) is 19.8 Å². The van der Waals surface area contributed by atoms with Gasteiger partial charge in [-0.05, 0) is 12.5 Å². The number of hydrogen-bond donors (Lipinski definition) is 2. The van der Waals surface area contributed by atoms with E-state index >= 15 is 0 Å². The van der Waals surface area contributed by atoms with Gasteiger partial charge < -0.3 is 24.6 Å². The maximum absolute atomic E-state index is 11.7. The van der Waals surface area contributed by atoms with E-state index in [0.29, 0.717) is 0 Å². The van der Waals surface area contributed by atoms with Crippen molar-refractivity contribution in [3.63, 3.8) is 0 Å². The Hall–Kier alpha value is -2.12. The average Bonchev–Trinajstić information content (AvgIpc) is 2.91. The first-order valence-corrected chi connectivity index (χ1v) is 6.49. The molecule has 1 atom stereocenters. The lowest BCUT2D eigenvalue weighted by Gasteiger charge is -2.29. The number of carboxylic acid groups (broad SMARTS) is 1. The van der Waals surface area contributed by atoms with Gasteiger partial charge in [0.25, 0.3) is 0 Å². The molecule has 1 aliphatic heterocycles. The van der Waals surface area contributed by atoms with Crippen molar-refractivity contribution in [3.8, 4) is 0 Å². The Labute approximate surface area is 121 Å². The van der Waals surface area contributed by atoms with Gasteiger partial charge in [0.05, 0.1) is 13.2 Å². The molecule has 1 amide bonds. The largest absolute Gasteiger partial charge is 0.480 e. The summed E-state index contributed by atoms with van der Waals surface area (Å²) in [4.78, 5) is 23.0. The molecule has 1 fully saturated rings. The van der Waals surface area contributed by atoms with Crippen molar-refractivity contribution in [2.24, 2.45) is 0 Å². The van der Waals surface area contributed by atoms with E-state index in [1.54, 1.807) is 12.1 Å². The third kappa shape index (κ3) is 3.93. The molecule has 0 aromatic heterocycles. The molecule has 21 heavy (non-hydrogen) atoms. The van der Waals surface area contributed by atoms with Crippen molar-refractivity contribution in [2.45, 2.75) is 25.4 Å². The molecular formula is C14H17NO6. The van der Waals surface area contributed by atoms with Gasteiger partial charge in [-0.25, -0.2) is 9.59 Å². The highest BCUT2D eigenvalue weighted by Crippen LogP contribution is 2.23. The van der Waals surface area contributed by atoms with Crippen LogP contribution in [0.25, 0.3) is 0 Å². The zero-order valence-electron chi connectivity index (χ0n) is 11.6. The Kier molecular flexibility index (Phi) is 4.77. The van der Waals surface area contributed by atoms with Crippen LogP contribution in [-0.2, 0) is 25.6 Å². The maximum atomic E-state index is 11.7. The number of rotatable bonds is 5. The first kappa shape index (κ1) is 15.3. The van der Waals surface area contributed by atoms with Crippen LogP contribution in [-0.4, -0.2) is 42.2 Å². The second-order valence-corrected chi connectivity index (χ2v) is 4.69. The summed E-state index contributed by atoms with van der Waals surface area (Å²) >= 11 is 0. The fourth-order valence-corrected chi connectivity index (χ4v) is 2.00. The Morgan fingerprint density at radius 2 is 1.95 bits per heavy atom. The third-order valence-corrected chi connectivity index (χ3v) is 3.11. The van der Waals surface area contributed by atoms with Crippen molar-refractivity contribution in [3.05, 3.63) is 35.9 Å². The Morgan fingerprint density at radius 3 is 2.52 bits per heavy atom. The van der Waals surface area contributed by atoms with E-state index in [1.165, 1.54) is 6.92 Å². The van der Waals surface area contributed by atoms with E-state index < -0.39 is 23.9 Å². The number of aliphatic carboxylic acids is 1. The highest BCUT2D eigenvalue weighted by molar-refractivity contribution is 5.81. The number of nitrogens with one attached hydrogen (secondary N) is 1. The number of carbonyl (C=O) groups excluding carboxylic acids is 1. The van der Waals surface area contributed by atoms with Crippen molar-refractivity contribution >= 4 is 12.1 Å². The Morgan fingerprint density at radius 1 is 1.33 bits per heavy atom. The van der Waals surface area contributed by atoms with Gasteiger partial charge in [0.1, 0.15) is 6.61 Å². The Bertz CT molecular complexity index is 497. The standard InChI is InChI=1S/C14H17NO6/c1-14(20-7-8-21-14)11(12(16)17)15-13(18)19-9-10-5-3-2-4-6-10/h2-6,11H,7-9H2,1H3,(H,15,18)(H,16,17)/t11-/m1/s1. The minimum Gasteiger partial charge on any atom is -0.480 e. The summed E-state index contributed by atoms with van der Waals surface area (Å²) in [5.74, 6) is -2.64. The van der Waals surface area contributed by atoms with Crippen molar-refractivity contribution in [1.29, 1.82) is 0 Å². The fourth-order valence-electron chi connectivity index (χ4n) is 2.00. The van der Waals surface area contributed by atoms with E-state index in [4.69, 9.17) is 14.2 Å². The molecule has 0 unspecified atom stereocenters. The lowest BCUT2D eigenvalue weighted by atomic mass is 10.1. The zero-order chi connectivity index (χ0) is 15.3. The lowest BCUT2D eigenvalue weighted by Crippen LogP contribution is -2.56. The van der Waals surface area contributed by atoms with Gasteiger partial charge in [0.15, 0.2) is 11.8 Å². The molecule has 0 spiro atoms. The molecule has 114 valence electrons. The van der Waals surface area contributed by atoms with E-state index in [1.807, 2.05) is 18.2 Å². The van der Waals surface area contributed by atoms with Gasteiger partial charge in [-0.3, -0.25) is 0 Å². The topological polar surface area (TPSA) is 94.1 Å². The predicted octanol–water partition coefficient (Wildman–Crippen LogP) is 1.13. The van der Waals surface area contributed by atoms with Gasteiger partial charge in [0, 0.05) is 0 Å². The fraction of sp³-hybridized carbons (Fsp3) is 0.429. The molecule has 1 aromatic carbocycles. The number of carbonyl (C=O) groups is 2. The normalized spacial score (nSPS) is 18.0. The van der Waals surface area contributed by atoms with Crippen LogP contribution >= 0.6 is 0 Å². The number of alkyl carbamates (subject to hydrolysis) is 1. The van der Waals surface area contributed by atoms with Gasteiger partial charge in [0.2, 0.25) is 0 Å². The van der Waals surface area contributed by atoms with Crippen molar-refractivity contribution in [1.82, 2.24) is 5.32 Å². The number of carboxylic acids is 1. The molecule has 1 heterocycles. The summed E-state index contributed by atoms with van der Waals surface area (Å²) in [6, 6.07) is 7.73. The predicted molar refractivity (Wildman–Crippen MR) is 71.5 cm³/mol. The molecule has 1 saturated heterocycles. The lowest BCUT2D eigenvalue weighted by molar-refractivity contribution is -0.182. The molecular weight excluding hydrogens is 278 g/mol. The quantitative estimate of drug-likeness (QED) is 0.845. The monoisotopic (exact) mass is 295 g/mol. The maximum Gasteiger partial charge on any atom is 0.408 e. The number of hydrogen-bond acceptors (Lipinski definition) is 5. The molecule has 7 heteroatoms. The summed E-state index contributed by atoms with van der Waals surface area (Å²) in [5.41, 5.74) is 0.805. The van der Waals surface area contributed by atoms with Crippen LogP contribution in [0.2, 0.25) is 0 Å². The first-order valence-electron chi connectivity index (χ1n) is 6.49. The van der Waals surface area contributed by atoms with Gasteiger partial charge >= 0.3 is 12.1 Å². The van der Waals surface area contributed by atoms with E-state index in [0.717, 1.165) is 5.56 Å². The van der Waals surface area contributed by atoms with Gasteiger partial charge in [-0.1, -0.05) is 30.3 Å². The van der Waals surface area contributed by atoms with E-state index in [9.17, 15) is 14.7 Å². The highest BCUT2D eigenvalue weighted by Gasteiger charge is 2.45. The molecule has 1 aromatic rings. The molecule has 7 nitrogen and oxygen atoms in total. The van der Waals surface area contributed by atoms with Crippen LogP contribution in [0.4, 0.5) is 4.79 Å². The molecule has 0 saturated carbocycles. The summed E-state index contributed by atoms with van der Waals surface area (Å²) in [5, 5.41) is 11.5. The molecule has 1 aliphatic rings. The van der Waals surface area contributed by atoms with Crippen molar-refractivity contribution < 1.29 is 28.9 Å². The second-order valence-electron chi connectivity index (χ2n) is 4.69. The van der Waals surface area contributed by atoms with E-state index in [2.05, 4.69) is 5.32 Å². The van der Waals surface area contributed by atoms with Crippen molar-refractivity contribution in [2.75, 3.05) is 13.2 Å². The molecule has 0 aliphatic carbocycles. The average molecular weight is 295 g/mol. The minimum atomic E-state index is -1.39. The summed E-state index contributed by atoms with van der Waals surface area (Å²) in [7, 11) is 0. The second kappa shape index (κ2) is 6.55. The molecule has 2 rings (SSSR count). The highest BCUT2D eigenvalue weighted by atomic mass is 16.7. The van der Waals surface area contributed by atoms with Crippen LogP contribution in [0.5, 0.6) is 0 Å².